The van der Waals surface area contributed by atoms with Gasteiger partial charge in [0.1, 0.15) is 5.03 Å². The molecule has 0 aliphatic carbocycles. The van der Waals surface area contributed by atoms with E-state index in [0.29, 0.717) is 37.8 Å². The van der Waals surface area contributed by atoms with Crippen LogP contribution in [0.3, 0.4) is 0 Å². The van der Waals surface area contributed by atoms with Crippen molar-refractivity contribution in [3.8, 4) is 5.69 Å². The Morgan fingerprint density at radius 1 is 0.895 bits per heavy atom. The predicted octanol–water partition coefficient (Wildman–Crippen LogP) is 7.45. The number of carboxylic acids is 1. The first-order valence-corrected chi connectivity index (χ1v) is 13.2. The van der Waals surface area contributed by atoms with Gasteiger partial charge in [-0.2, -0.15) is 5.10 Å². The summed E-state index contributed by atoms with van der Waals surface area (Å²) in [6.45, 7) is 0.476. The molecule has 0 spiro atoms. The number of carboxylic acid groups (broad SMARTS) is 1. The number of benzene rings is 4. The van der Waals surface area contributed by atoms with Crippen molar-refractivity contribution in [1.82, 2.24) is 14.7 Å². The summed E-state index contributed by atoms with van der Waals surface area (Å²) < 4.78 is 1.72. The number of hydrogen-bond donors (Lipinski definition) is 1. The van der Waals surface area contributed by atoms with Crippen LogP contribution in [-0.2, 0) is 6.54 Å². The maximum absolute atomic E-state index is 13.3. The fourth-order valence-corrected chi connectivity index (χ4v) is 5.62. The summed E-state index contributed by atoms with van der Waals surface area (Å²) in [7, 11) is 1.77. The van der Waals surface area contributed by atoms with Crippen LogP contribution in [0.15, 0.2) is 101 Å². The lowest BCUT2D eigenvalue weighted by atomic mass is 10.1. The van der Waals surface area contributed by atoms with Gasteiger partial charge in [-0.3, -0.25) is 4.79 Å². The second-order valence-electron chi connectivity index (χ2n) is 8.60. The third kappa shape index (κ3) is 5.27. The van der Waals surface area contributed by atoms with Crippen molar-refractivity contribution in [3.63, 3.8) is 0 Å². The number of nitrogens with zero attached hydrogens (tertiary/aromatic N) is 3. The van der Waals surface area contributed by atoms with Crippen molar-refractivity contribution in [2.24, 2.45) is 0 Å². The summed E-state index contributed by atoms with van der Waals surface area (Å²) in [6, 6.07) is 27.0. The van der Waals surface area contributed by atoms with E-state index in [1.165, 1.54) is 23.9 Å². The van der Waals surface area contributed by atoms with Crippen molar-refractivity contribution < 1.29 is 14.7 Å². The Balaban J connectivity index is 1.58. The molecule has 1 heterocycles. The average Bonchev–Trinajstić information content (AvgIpc) is 3.28. The molecule has 190 valence electrons. The van der Waals surface area contributed by atoms with E-state index in [-0.39, 0.29) is 11.5 Å². The van der Waals surface area contributed by atoms with Crippen LogP contribution in [0.5, 0.6) is 0 Å². The minimum absolute atomic E-state index is 0.124. The van der Waals surface area contributed by atoms with Crippen molar-refractivity contribution in [1.29, 1.82) is 0 Å². The van der Waals surface area contributed by atoms with Gasteiger partial charge in [-0.05, 0) is 60.2 Å². The summed E-state index contributed by atoms with van der Waals surface area (Å²) in [6.07, 6.45) is 0. The number of hydrogen-bond acceptors (Lipinski definition) is 4. The van der Waals surface area contributed by atoms with E-state index in [0.717, 1.165) is 16.5 Å². The maximum Gasteiger partial charge on any atom is 0.335 e. The van der Waals surface area contributed by atoms with Gasteiger partial charge in [0.25, 0.3) is 5.91 Å². The summed E-state index contributed by atoms with van der Waals surface area (Å²) in [5, 5.41) is 16.4. The number of aromatic carboxylic acids is 1. The largest absolute Gasteiger partial charge is 0.478 e. The van der Waals surface area contributed by atoms with Gasteiger partial charge in [-0.1, -0.05) is 71.4 Å². The van der Waals surface area contributed by atoms with Crippen LogP contribution >= 0.6 is 35.0 Å². The van der Waals surface area contributed by atoms with Crippen LogP contribution in [-0.4, -0.2) is 38.7 Å². The second-order valence-corrected chi connectivity index (χ2v) is 10.4. The Bertz CT molecular complexity index is 1630. The van der Waals surface area contributed by atoms with Gasteiger partial charge in [-0.15, -0.1) is 0 Å². The first-order valence-electron chi connectivity index (χ1n) is 11.6. The van der Waals surface area contributed by atoms with E-state index >= 15 is 0 Å². The van der Waals surface area contributed by atoms with Gasteiger partial charge in [-0.25, -0.2) is 9.48 Å². The quantitative estimate of drug-likeness (QED) is 0.223. The molecule has 4 aromatic carbocycles. The van der Waals surface area contributed by atoms with Crippen LogP contribution in [0.25, 0.3) is 16.6 Å². The van der Waals surface area contributed by atoms with Gasteiger partial charge in [0.2, 0.25) is 0 Å². The highest BCUT2D eigenvalue weighted by Crippen LogP contribution is 2.41. The van der Waals surface area contributed by atoms with Gasteiger partial charge >= 0.3 is 5.97 Å². The highest BCUT2D eigenvalue weighted by molar-refractivity contribution is 7.99. The third-order valence-corrected chi connectivity index (χ3v) is 7.97. The zero-order chi connectivity index (χ0) is 26.8. The molecule has 5 aromatic rings. The zero-order valence-electron chi connectivity index (χ0n) is 20.1. The average molecular weight is 562 g/mol. The van der Waals surface area contributed by atoms with E-state index < -0.39 is 5.97 Å². The second kappa shape index (κ2) is 10.9. The molecule has 0 fully saturated rings. The molecule has 5 rings (SSSR count). The van der Waals surface area contributed by atoms with E-state index in [9.17, 15) is 14.7 Å². The Morgan fingerprint density at radius 2 is 1.55 bits per heavy atom. The number of amides is 1. The van der Waals surface area contributed by atoms with Gasteiger partial charge in [0.15, 0.2) is 0 Å². The monoisotopic (exact) mass is 561 g/mol. The standard InChI is InChI=1S/C29H21Cl2N3O3S/c1-33(17-18-6-3-2-4-7-18)28(35)20-12-15-25-22(16-20)27(38-26-23(30)8-5-9-24(26)31)32-34(25)21-13-10-19(11-14-21)29(36)37/h2-16H,17H2,1H3,(H,36,37). The third-order valence-electron chi connectivity index (χ3n) is 5.98. The molecule has 1 amide bonds. The number of carbonyl (C=O) groups is 2. The number of aromatic nitrogens is 2. The maximum atomic E-state index is 13.3. The molecule has 0 bridgehead atoms. The lowest BCUT2D eigenvalue weighted by Gasteiger charge is -2.17. The molecule has 0 aliphatic heterocycles. The van der Waals surface area contributed by atoms with Crippen LogP contribution in [0, 0.1) is 0 Å². The lowest BCUT2D eigenvalue weighted by Crippen LogP contribution is -2.26. The highest BCUT2D eigenvalue weighted by Gasteiger charge is 2.20. The van der Waals surface area contributed by atoms with E-state index in [1.54, 1.807) is 53.0 Å². The Hall–Kier alpha value is -3.78. The fraction of sp³-hybridized carbons (Fsp3) is 0.0690. The summed E-state index contributed by atoms with van der Waals surface area (Å²) in [5.41, 5.74) is 3.16. The number of fused-ring (bicyclic) bond motifs is 1. The molecule has 1 aromatic heterocycles. The smallest absolute Gasteiger partial charge is 0.335 e. The molecule has 1 N–H and O–H groups in total. The van der Waals surface area contributed by atoms with Crippen molar-refractivity contribution in [2.75, 3.05) is 7.05 Å². The number of carbonyl (C=O) groups excluding carboxylic acids is 1. The predicted molar refractivity (Wildman–Crippen MR) is 151 cm³/mol. The van der Waals surface area contributed by atoms with E-state index in [2.05, 4.69) is 0 Å². The Kier molecular flexibility index (Phi) is 7.42. The minimum Gasteiger partial charge on any atom is -0.478 e. The van der Waals surface area contributed by atoms with Crippen LogP contribution in [0.1, 0.15) is 26.3 Å². The summed E-state index contributed by atoms with van der Waals surface area (Å²) >= 11 is 14.2. The molecule has 0 aliphatic rings. The van der Waals surface area contributed by atoms with E-state index in [4.69, 9.17) is 28.3 Å². The van der Waals surface area contributed by atoms with Crippen LogP contribution in [0.2, 0.25) is 10.0 Å². The fourth-order valence-electron chi connectivity index (χ4n) is 4.07. The molecule has 0 unspecified atom stereocenters. The van der Waals surface area contributed by atoms with Crippen molar-refractivity contribution in [3.05, 3.63) is 118 Å². The molecular formula is C29H21Cl2N3O3S. The number of halogens is 2. The summed E-state index contributed by atoms with van der Waals surface area (Å²) in [5.74, 6) is -1.13. The highest BCUT2D eigenvalue weighted by atomic mass is 35.5. The minimum atomic E-state index is -1.01. The summed E-state index contributed by atoms with van der Waals surface area (Å²) in [4.78, 5) is 27.0. The van der Waals surface area contributed by atoms with Crippen molar-refractivity contribution in [2.45, 2.75) is 16.5 Å². The molecule has 38 heavy (non-hydrogen) atoms. The molecule has 6 nitrogen and oxygen atoms in total. The van der Waals surface area contributed by atoms with E-state index in [1.807, 2.05) is 42.5 Å². The van der Waals surface area contributed by atoms with Crippen LogP contribution in [0.4, 0.5) is 0 Å². The SMILES string of the molecule is CN(Cc1ccccc1)C(=O)c1ccc2c(c1)c(Sc1c(Cl)cccc1Cl)nn2-c1ccc(C(=O)O)cc1. The first kappa shape index (κ1) is 25.9. The Morgan fingerprint density at radius 3 is 2.21 bits per heavy atom. The zero-order valence-corrected chi connectivity index (χ0v) is 22.5. The molecule has 0 saturated heterocycles. The Labute approximate surface area is 233 Å². The number of rotatable bonds is 7. The topological polar surface area (TPSA) is 75.4 Å². The molecular weight excluding hydrogens is 541 g/mol. The normalized spacial score (nSPS) is 11.0. The van der Waals surface area contributed by atoms with Gasteiger partial charge < -0.3 is 10.0 Å². The van der Waals surface area contributed by atoms with Gasteiger partial charge in [0.05, 0.1) is 31.7 Å². The molecule has 0 radical (unpaired) electrons. The van der Waals surface area contributed by atoms with Gasteiger partial charge in [0, 0.05) is 24.5 Å². The lowest BCUT2D eigenvalue weighted by molar-refractivity contribution is 0.0696. The molecule has 0 atom stereocenters. The van der Waals surface area contributed by atoms with Crippen LogP contribution < -0.4 is 0 Å². The first-order chi connectivity index (χ1) is 18.3. The van der Waals surface area contributed by atoms with Crippen molar-refractivity contribution >= 4 is 57.7 Å². The molecule has 0 saturated carbocycles. The molecule has 9 heteroatoms.